The van der Waals surface area contributed by atoms with Crippen molar-refractivity contribution in [2.75, 3.05) is 12.8 Å². The van der Waals surface area contributed by atoms with E-state index in [4.69, 9.17) is 15.7 Å². The molecule has 0 aliphatic rings. The van der Waals surface area contributed by atoms with Crippen LogP contribution in [0.5, 0.6) is 5.75 Å². The van der Waals surface area contributed by atoms with Gasteiger partial charge in [0.25, 0.3) is 0 Å². The third-order valence-corrected chi connectivity index (χ3v) is 4.94. The van der Waals surface area contributed by atoms with Crippen molar-refractivity contribution in [1.82, 2.24) is 4.98 Å². The molecule has 0 fully saturated rings. The Hall–Kier alpha value is -1.71. The van der Waals surface area contributed by atoms with Gasteiger partial charge in [0.1, 0.15) is 11.8 Å². The second kappa shape index (κ2) is 5.95. The number of aromatic nitrogens is 1. The Kier molecular flexibility index (Phi) is 4.30. The van der Waals surface area contributed by atoms with Gasteiger partial charge < -0.3 is 10.5 Å². The first-order valence-electron chi connectivity index (χ1n) is 5.56. The zero-order valence-corrected chi connectivity index (χ0v) is 12.3. The topological polar surface area (TPSA) is 71.9 Å². The number of methoxy groups -OCH3 is 1. The largest absolute Gasteiger partial charge is 0.495 e. The predicted molar refractivity (Wildman–Crippen MR) is 78.5 cm³/mol. The molecule has 0 saturated heterocycles. The van der Waals surface area contributed by atoms with Gasteiger partial charge in [0.15, 0.2) is 5.13 Å². The minimum atomic E-state index is 0.557. The lowest BCUT2D eigenvalue weighted by molar-refractivity contribution is 0.413. The summed E-state index contributed by atoms with van der Waals surface area (Å²) in [5.74, 6) is 1.38. The van der Waals surface area contributed by atoms with E-state index in [2.05, 4.69) is 11.1 Å². The average molecular weight is 291 g/mol. The first-order valence-corrected chi connectivity index (χ1v) is 7.37. The van der Waals surface area contributed by atoms with E-state index >= 15 is 0 Å². The summed E-state index contributed by atoms with van der Waals surface area (Å²) in [5.41, 5.74) is 8.26. The molecule has 19 heavy (non-hydrogen) atoms. The normalized spacial score (nSPS) is 10.2. The minimum Gasteiger partial charge on any atom is -0.495 e. The molecule has 0 aliphatic carbocycles. The van der Waals surface area contributed by atoms with Gasteiger partial charge in [-0.05, 0) is 24.6 Å². The van der Waals surface area contributed by atoms with Gasteiger partial charge >= 0.3 is 0 Å². The van der Waals surface area contributed by atoms with Crippen molar-refractivity contribution < 1.29 is 4.74 Å². The number of aryl methyl sites for hydroxylation is 1. The van der Waals surface area contributed by atoms with Crippen molar-refractivity contribution in [2.45, 2.75) is 16.9 Å². The van der Waals surface area contributed by atoms with E-state index in [1.165, 1.54) is 11.3 Å². The monoisotopic (exact) mass is 291 g/mol. The van der Waals surface area contributed by atoms with Crippen molar-refractivity contribution in [3.63, 3.8) is 0 Å². The number of ether oxygens (including phenoxy) is 1. The van der Waals surface area contributed by atoms with Gasteiger partial charge in [-0.2, -0.15) is 5.26 Å². The number of nitrogens with zero attached hydrogens (tertiary/aromatic N) is 2. The second-order valence-corrected chi connectivity index (χ2v) is 6.13. The van der Waals surface area contributed by atoms with E-state index in [9.17, 15) is 0 Å². The fourth-order valence-electron chi connectivity index (χ4n) is 1.62. The number of benzene rings is 1. The highest BCUT2D eigenvalue weighted by Crippen LogP contribution is 2.33. The molecule has 0 unspecified atom stereocenters. The van der Waals surface area contributed by atoms with Crippen molar-refractivity contribution in [1.29, 1.82) is 5.26 Å². The van der Waals surface area contributed by atoms with E-state index in [0.29, 0.717) is 16.4 Å². The molecule has 0 saturated carbocycles. The summed E-state index contributed by atoms with van der Waals surface area (Å²) in [6.07, 6.45) is 0. The fraction of sp³-hybridized carbons (Fsp3) is 0.231. The van der Waals surface area contributed by atoms with Gasteiger partial charge in [-0.3, -0.25) is 0 Å². The van der Waals surface area contributed by atoms with E-state index in [0.717, 1.165) is 21.2 Å². The van der Waals surface area contributed by atoms with Crippen LogP contribution in [-0.4, -0.2) is 12.1 Å². The zero-order valence-electron chi connectivity index (χ0n) is 10.6. The fourth-order valence-corrected chi connectivity index (χ4v) is 3.58. The number of hydrogen-bond acceptors (Lipinski definition) is 6. The summed E-state index contributed by atoms with van der Waals surface area (Å²) >= 11 is 3.17. The number of thiazole rings is 1. The Labute approximate surface area is 120 Å². The van der Waals surface area contributed by atoms with E-state index in [1.807, 2.05) is 25.1 Å². The highest BCUT2D eigenvalue weighted by molar-refractivity contribution is 8.00. The van der Waals surface area contributed by atoms with Crippen LogP contribution in [0.3, 0.4) is 0 Å². The Balaban J connectivity index is 2.12. The maximum Gasteiger partial charge on any atom is 0.181 e. The number of rotatable bonds is 4. The number of hydrogen-bond donors (Lipinski definition) is 1. The summed E-state index contributed by atoms with van der Waals surface area (Å²) in [7, 11) is 1.56. The Bertz CT molecular complexity index is 631. The molecular formula is C13H13N3OS2. The van der Waals surface area contributed by atoms with Gasteiger partial charge in [-0.25, -0.2) is 4.98 Å². The molecule has 1 heterocycles. The number of thioether (sulfide) groups is 1. The molecule has 6 heteroatoms. The summed E-state index contributed by atoms with van der Waals surface area (Å²) < 4.78 is 6.24. The molecule has 0 amide bonds. The van der Waals surface area contributed by atoms with Crippen molar-refractivity contribution in [3.05, 3.63) is 35.0 Å². The lowest BCUT2D eigenvalue weighted by atomic mass is 10.1. The number of nitrogens with two attached hydrogens (primary N) is 1. The smallest absolute Gasteiger partial charge is 0.181 e. The van der Waals surface area contributed by atoms with Crippen LogP contribution < -0.4 is 10.5 Å². The summed E-state index contributed by atoms with van der Waals surface area (Å²) in [4.78, 5) is 4.19. The van der Waals surface area contributed by atoms with E-state index in [-0.39, 0.29) is 0 Å². The molecular weight excluding hydrogens is 278 g/mol. The molecule has 2 aromatic rings. The molecule has 0 atom stereocenters. The molecule has 98 valence electrons. The molecule has 0 bridgehead atoms. The molecule has 0 spiro atoms. The van der Waals surface area contributed by atoms with Crippen LogP contribution in [0.15, 0.2) is 22.4 Å². The molecule has 0 aliphatic heterocycles. The van der Waals surface area contributed by atoms with E-state index in [1.54, 1.807) is 18.9 Å². The highest BCUT2D eigenvalue weighted by atomic mass is 32.2. The van der Waals surface area contributed by atoms with Crippen LogP contribution in [0, 0.1) is 18.3 Å². The Morgan fingerprint density at radius 3 is 2.89 bits per heavy atom. The average Bonchev–Trinajstić information content (AvgIpc) is 2.74. The molecule has 4 nitrogen and oxygen atoms in total. The molecule has 2 rings (SSSR count). The molecule has 2 N–H and O–H groups in total. The predicted octanol–water partition coefficient (Wildman–Crippen LogP) is 3.21. The zero-order chi connectivity index (χ0) is 13.8. The van der Waals surface area contributed by atoms with Crippen LogP contribution >= 0.6 is 23.1 Å². The maximum absolute atomic E-state index is 9.05. The van der Waals surface area contributed by atoms with Crippen LogP contribution in [0.1, 0.15) is 16.8 Å². The second-order valence-electron chi connectivity index (χ2n) is 3.86. The van der Waals surface area contributed by atoms with Gasteiger partial charge in [0.2, 0.25) is 0 Å². The van der Waals surface area contributed by atoms with Gasteiger partial charge in [-0.1, -0.05) is 17.4 Å². The molecule has 1 aromatic carbocycles. The standard InChI is InChI=1S/C13H13N3OS2/c1-8-12(19-13(15)16-8)18-7-9-3-4-11(17-2)10(5-9)6-14/h3-5H,7H2,1-2H3,(H2,15,16). The number of anilines is 1. The lowest BCUT2D eigenvalue weighted by Gasteiger charge is -2.05. The lowest BCUT2D eigenvalue weighted by Crippen LogP contribution is -1.90. The molecule has 1 aromatic heterocycles. The quantitative estimate of drug-likeness (QED) is 0.876. The van der Waals surface area contributed by atoms with Crippen LogP contribution in [-0.2, 0) is 5.75 Å². The van der Waals surface area contributed by atoms with Crippen molar-refractivity contribution in [3.8, 4) is 11.8 Å². The van der Waals surface area contributed by atoms with Crippen molar-refractivity contribution >= 4 is 28.2 Å². The van der Waals surface area contributed by atoms with Crippen LogP contribution in [0.25, 0.3) is 0 Å². The third-order valence-electron chi connectivity index (χ3n) is 2.52. The minimum absolute atomic E-state index is 0.557. The van der Waals surface area contributed by atoms with Gasteiger partial charge in [0.05, 0.1) is 22.6 Å². The Morgan fingerprint density at radius 2 is 2.32 bits per heavy atom. The summed E-state index contributed by atoms with van der Waals surface area (Å²) in [6, 6.07) is 7.78. The summed E-state index contributed by atoms with van der Waals surface area (Å²) in [6.45, 7) is 1.95. The highest BCUT2D eigenvalue weighted by Gasteiger charge is 2.08. The van der Waals surface area contributed by atoms with Crippen LogP contribution in [0.2, 0.25) is 0 Å². The first kappa shape index (κ1) is 13.7. The van der Waals surface area contributed by atoms with Crippen molar-refractivity contribution in [2.24, 2.45) is 0 Å². The SMILES string of the molecule is COc1ccc(CSc2sc(N)nc2C)cc1C#N. The van der Waals surface area contributed by atoms with Crippen LogP contribution in [0.4, 0.5) is 5.13 Å². The number of nitriles is 1. The Morgan fingerprint density at radius 1 is 1.53 bits per heavy atom. The maximum atomic E-state index is 9.05. The van der Waals surface area contributed by atoms with Gasteiger partial charge in [-0.15, -0.1) is 11.8 Å². The first-order chi connectivity index (χ1) is 9.13. The number of nitrogen functional groups attached to an aromatic ring is 1. The molecule has 0 radical (unpaired) electrons. The van der Waals surface area contributed by atoms with Gasteiger partial charge in [0, 0.05) is 5.75 Å². The summed E-state index contributed by atoms with van der Waals surface area (Å²) in [5, 5.41) is 9.64. The van der Waals surface area contributed by atoms with E-state index < -0.39 is 0 Å². The third kappa shape index (κ3) is 3.19.